The van der Waals surface area contributed by atoms with Gasteiger partial charge in [-0.15, -0.1) is 0 Å². The molecule has 0 aromatic carbocycles. The van der Waals surface area contributed by atoms with E-state index >= 15 is 0 Å². The Kier molecular flexibility index (Phi) is 2.95. The van der Waals surface area contributed by atoms with Crippen molar-refractivity contribution in [3.63, 3.8) is 0 Å². The zero-order chi connectivity index (χ0) is 11.0. The van der Waals surface area contributed by atoms with Crippen LogP contribution in [0.1, 0.15) is 19.8 Å². The molecule has 0 aromatic heterocycles. The summed E-state index contributed by atoms with van der Waals surface area (Å²) in [6.45, 7) is 1.46. The molecular formula is C7H14O5S2. The molecule has 0 aliphatic heterocycles. The van der Waals surface area contributed by atoms with E-state index in [0.29, 0.717) is 12.8 Å². The van der Waals surface area contributed by atoms with Crippen molar-refractivity contribution in [3.05, 3.63) is 0 Å². The maximum atomic E-state index is 11.1. The van der Waals surface area contributed by atoms with Crippen LogP contribution in [-0.2, 0) is 24.1 Å². The van der Waals surface area contributed by atoms with Crippen molar-refractivity contribution < 1.29 is 21.0 Å². The molecule has 0 N–H and O–H groups in total. The Bertz CT molecular complexity index is 401. The fourth-order valence-corrected chi connectivity index (χ4v) is 3.46. The van der Waals surface area contributed by atoms with Crippen molar-refractivity contribution in [2.45, 2.75) is 25.4 Å². The first-order valence-electron chi connectivity index (χ1n) is 4.29. The maximum absolute atomic E-state index is 11.1. The van der Waals surface area contributed by atoms with Crippen LogP contribution < -0.4 is 0 Å². The van der Waals surface area contributed by atoms with Gasteiger partial charge in [-0.3, -0.25) is 4.18 Å². The van der Waals surface area contributed by atoms with Crippen molar-refractivity contribution in [2.75, 3.05) is 17.8 Å². The molecule has 5 nitrogen and oxygen atoms in total. The van der Waals surface area contributed by atoms with E-state index in [1.54, 1.807) is 0 Å². The van der Waals surface area contributed by atoms with E-state index in [0.717, 1.165) is 6.26 Å². The van der Waals surface area contributed by atoms with Gasteiger partial charge >= 0.3 is 0 Å². The van der Waals surface area contributed by atoms with Gasteiger partial charge in [0.25, 0.3) is 10.1 Å². The molecule has 0 spiro atoms. The average Bonchev–Trinajstić information content (AvgIpc) is 2.64. The first kappa shape index (κ1) is 11.9. The fourth-order valence-electron chi connectivity index (χ4n) is 1.20. The molecule has 1 saturated carbocycles. The van der Waals surface area contributed by atoms with E-state index in [9.17, 15) is 16.8 Å². The molecule has 1 aliphatic rings. The molecule has 0 bridgehead atoms. The van der Waals surface area contributed by atoms with Crippen molar-refractivity contribution >= 4 is 20.0 Å². The second kappa shape index (κ2) is 3.46. The SMILES string of the molecule is CCS(=O)(=O)OC1(CS(C)(=O)=O)CC1. The van der Waals surface area contributed by atoms with E-state index in [1.807, 2.05) is 0 Å². The van der Waals surface area contributed by atoms with Crippen LogP contribution in [0.5, 0.6) is 0 Å². The molecule has 1 rings (SSSR count). The summed E-state index contributed by atoms with van der Waals surface area (Å²) < 4.78 is 49.1. The van der Waals surface area contributed by atoms with E-state index in [2.05, 4.69) is 0 Å². The van der Waals surface area contributed by atoms with E-state index in [4.69, 9.17) is 4.18 Å². The van der Waals surface area contributed by atoms with Crippen molar-refractivity contribution in [1.29, 1.82) is 0 Å². The van der Waals surface area contributed by atoms with Gasteiger partial charge in [0.2, 0.25) is 0 Å². The minimum atomic E-state index is -3.55. The first-order chi connectivity index (χ1) is 6.18. The Hall–Kier alpha value is -0.140. The highest BCUT2D eigenvalue weighted by Crippen LogP contribution is 2.42. The lowest BCUT2D eigenvalue weighted by Gasteiger charge is -2.13. The average molecular weight is 242 g/mol. The zero-order valence-corrected chi connectivity index (χ0v) is 9.82. The topological polar surface area (TPSA) is 77.5 Å². The second-order valence-corrected chi connectivity index (χ2v) is 7.68. The molecular weight excluding hydrogens is 228 g/mol. The summed E-state index contributed by atoms with van der Waals surface area (Å²) in [6.07, 6.45) is 2.08. The van der Waals surface area contributed by atoms with Crippen LogP contribution in [-0.4, -0.2) is 40.2 Å². The van der Waals surface area contributed by atoms with Crippen molar-refractivity contribution in [1.82, 2.24) is 0 Å². The summed E-state index contributed by atoms with van der Waals surface area (Å²) in [4.78, 5) is 0. The Labute approximate surface area is 84.5 Å². The van der Waals surface area contributed by atoms with Crippen LogP contribution >= 0.6 is 0 Å². The van der Waals surface area contributed by atoms with E-state index in [1.165, 1.54) is 6.92 Å². The van der Waals surface area contributed by atoms with Crippen LogP contribution in [0.4, 0.5) is 0 Å². The van der Waals surface area contributed by atoms with Crippen molar-refractivity contribution in [3.8, 4) is 0 Å². The third-order valence-corrected chi connectivity index (χ3v) is 4.36. The molecule has 7 heteroatoms. The number of hydrogen-bond donors (Lipinski definition) is 0. The third-order valence-electron chi connectivity index (χ3n) is 1.99. The van der Waals surface area contributed by atoms with Crippen molar-refractivity contribution in [2.24, 2.45) is 0 Å². The zero-order valence-electron chi connectivity index (χ0n) is 8.19. The first-order valence-corrected chi connectivity index (χ1v) is 7.93. The Morgan fingerprint density at radius 2 is 1.71 bits per heavy atom. The predicted octanol–water partition coefficient (Wildman–Crippen LogP) is -0.0701. The fraction of sp³-hybridized carbons (Fsp3) is 1.00. The van der Waals surface area contributed by atoms with Gasteiger partial charge in [0, 0.05) is 6.26 Å². The molecule has 84 valence electrons. The lowest BCUT2D eigenvalue weighted by molar-refractivity contribution is 0.211. The van der Waals surface area contributed by atoms with Gasteiger partial charge in [-0.05, 0) is 19.8 Å². The quantitative estimate of drug-likeness (QED) is 0.631. The van der Waals surface area contributed by atoms with E-state index in [-0.39, 0.29) is 11.5 Å². The molecule has 14 heavy (non-hydrogen) atoms. The van der Waals surface area contributed by atoms with Crippen LogP contribution in [0.25, 0.3) is 0 Å². The maximum Gasteiger partial charge on any atom is 0.267 e. The van der Waals surface area contributed by atoms with Gasteiger partial charge in [0.15, 0.2) is 0 Å². The Morgan fingerprint density at radius 3 is 2.00 bits per heavy atom. The van der Waals surface area contributed by atoms with Crippen LogP contribution in [0.15, 0.2) is 0 Å². The predicted molar refractivity (Wildman–Crippen MR) is 52.2 cm³/mol. The van der Waals surface area contributed by atoms with Gasteiger partial charge in [-0.1, -0.05) is 0 Å². The summed E-state index contributed by atoms with van der Waals surface area (Å²) in [5.41, 5.74) is -0.956. The Morgan fingerprint density at radius 1 is 1.21 bits per heavy atom. The molecule has 0 aromatic rings. The van der Waals surface area contributed by atoms with E-state index < -0.39 is 25.6 Å². The molecule has 0 amide bonds. The molecule has 1 aliphatic carbocycles. The number of hydrogen-bond acceptors (Lipinski definition) is 5. The van der Waals surface area contributed by atoms with Gasteiger partial charge in [-0.2, -0.15) is 8.42 Å². The Balaban J connectivity index is 2.70. The normalized spacial score (nSPS) is 20.7. The minimum Gasteiger partial charge on any atom is -0.262 e. The molecule has 0 unspecified atom stereocenters. The highest BCUT2D eigenvalue weighted by atomic mass is 32.2. The van der Waals surface area contributed by atoms with Gasteiger partial charge < -0.3 is 0 Å². The van der Waals surface area contributed by atoms with Crippen LogP contribution in [0, 0.1) is 0 Å². The summed E-state index contributed by atoms with van der Waals surface area (Å²) in [7, 11) is -6.74. The largest absolute Gasteiger partial charge is 0.267 e. The van der Waals surface area contributed by atoms with Crippen LogP contribution in [0.2, 0.25) is 0 Å². The highest BCUT2D eigenvalue weighted by Gasteiger charge is 2.49. The molecule has 0 radical (unpaired) electrons. The summed E-state index contributed by atoms with van der Waals surface area (Å²) in [5.74, 6) is -0.336. The second-order valence-electron chi connectivity index (χ2n) is 3.68. The molecule has 0 atom stereocenters. The number of rotatable bonds is 5. The summed E-state index contributed by atoms with van der Waals surface area (Å²) in [6, 6.07) is 0. The minimum absolute atomic E-state index is 0.126. The summed E-state index contributed by atoms with van der Waals surface area (Å²) in [5, 5.41) is 0. The molecule has 0 saturated heterocycles. The highest BCUT2D eigenvalue weighted by molar-refractivity contribution is 7.90. The lowest BCUT2D eigenvalue weighted by atomic mass is 10.4. The molecule has 0 heterocycles. The number of sulfone groups is 1. The van der Waals surface area contributed by atoms with Gasteiger partial charge in [0.05, 0.1) is 11.5 Å². The molecule has 1 fully saturated rings. The standard InChI is InChI=1S/C7H14O5S2/c1-3-14(10,11)12-7(4-5-7)6-13(2,8)9/h3-6H2,1-2H3. The van der Waals surface area contributed by atoms with Gasteiger partial charge in [-0.25, -0.2) is 8.42 Å². The smallest absolute Gasteiger partial charge is 0.262 e. The third kappa shape index (κ3) is 3.55. The van der Waals surface area contributed by atoms with Gasteiger partial charge in [0.1, 0.15) is 15.4 Å². The monoisotopic (exact) mass is 242 g/mol. The lowest BCUT2D eigenvalue weighted by Crippen LogP contribution is -2.28. The summed E-state index contributed by atoms with van der Waals surface area (Å²) >= 11 is 0. The van der Waals surface area contributed by atoms with Crippen LogP contribution in [0.3, 0.4) is 0 Å².